The molecule has 4 heteroatoms. The molecule has 112 valence electrons. The SMILES string of the molecule is Cc1cc(OCC(=O)NCC(C)C)c(C(C)C)cc1N. The molecule has 0 aliphatic heterocycles. The molecule has 0 fully saturated rings. The van der Waals surface area contributed by atoms with Gasteiger partial charge >= 0.3 is 0 Å². The Labute approximate surface area is 121 Å². The fourth-order valence-electron chi connectivity index (χ4n) is 1.80. The Hall–Kier alpha value is -1.71. The number of carbonyl (C=O) groups is 1. The minimum Gasteiger partial charge on any atom is -0.483 e. The number of benzene rings is 1. The number of nitrogens with one attached hydrogen (secondary N) is 1. The first kappa shape index (κ1) is 16.3. The van der Waals surface area contributed by atoms with E-state index in [9.17, 15) is 4.79 Å². The van der Waals surface area contributed by atoms with Crippen LogP contribution in [0, 0.1) is 12.8 Å². The van der Waals surface area contributed by atoms with Gasteiger partial charge in [-0.25, -0.2) is 0 Å². The van der Waals surface area contributed by atoms with E-state index in [1.807, 2.05) is 19.1 Å². The van der Waals surface area contributed by atoms with Crippen LogP contribution >= 0.6 is 0 Å². The molecule has 0 spiro atoms. The highest BCUT2D eigenvalue weighted by molar-refractivity contribution is 5.77. The molecule has 0 aromatic heterocycles. The lowest BCUT2D eigenvalue weighted by Gasteiger charge is -2.16. The number of anilines is 1. The predicted octanol–water partition coefficient (Wildman–Crippen LogP) is 2.85. The van der Waals surface area contributed by atoms with Crippen LogP contribution in [0.25, 0.3) is 0 Å². The molecule has 1 aromatic rings. The Kier molecular flexibility index (Phi) is 5.86. The molecule has 0 unspecified atom stereocenters. The number of hydrogen-bond donors (Lipinski definition) is 2. The summed E-state index contributed by atoms with van der Waals surface area (Å²) in [6.45, 7) is 10.9. The van der Waals surface area contributed by atoms with Crippen LogP contribution in [0.3, 0.4) is 0 Å². The van der Waals surface area contributed by atoms with Crippen molar-refractivity contribution in [1.29, 1.82) is 0 Å². The molecule has 0 saturated heterocycles. The van der Waals surface area contributed by atoms with Crippen molar-refractivity contribution in [2.75, 3.05) is 18.9 Å². The quantitative estimate of drug-likeness (QED) is 0.786. The van der Waals surface area contributed by atoms with Crippen LogP contribution in [0.4, 0.5) is 5.69 Å². The molecule has 4 nitrogen and oxygen atoms in total. The van der Waals surface area contributed by atoms with E-state index in [0.29, 0.717) is 18.4 Å². The van der Waals surface area contributed by atoms with Crippen molar-refractivity contribution in [2.45, 2.75) is 40.5 Å². The minimum absolute atomic E-state index is 0.0375. The monoisotopic (exact) mass is 278 g/mol. The van der Waals surface area contributed by atoms with Crippen molar-refractivity contribution in [1.82, 2.24) is 5.32 Å². The van der Waals surface area contributed by atoms with Crippen molar-refractivity contribution in [3.63, 3.8) is 0 Å². The maximum atomic E-state index is 11.7. The van der Waals surface area contributed by atoms with Gasteiger partial charge in [-0.15, -0.1) is 0 Å². The first-order valence-corrected chi connectivity index (χ1v) is 7.10. The van der Waals surface area contributed by atoms with E-state index in [-0.39, 0.29) is 12.5 Å². The van der Waals surface area contributed by atoms with E-state index >= 15 is 0 Å². The Bertz CT molecular complexity index is 468. The lowest BCUT2D eigenvalue weighted by molar-refractivity contribution is -0.123. The number of nitrogens with two attached hydrogens (primary N) is 1. The smallest absolute Gasteiger partial charge is 0.257 e. The second kappa shape index (κ2) is 7.17. The van der Waals surface area contributed by atoms with Gasteiger partial charge in [0.25, 0.3) is 5.91 Å². The van der Waals surface area contributed by atoms with Crippen LogP contribution in [-0.4, -0.2) is 19.1 Å². The highest BCUT2D eigenvalue weighted by Gasteiger charge is 2.12. The third-order valence-corrected chi connectivity index (χ3v) is 3.09. The standard InChI is InChI=1S/C16H26N2O2/c1-10(2)8-18-16(19)9-20-15-6-12(5)14(17)7-13(15)11(3)4/h6-7,10-11H,8-9,17H2,1-5H3,(H,18,19). The van der Waals surface area contributed by atoms with Crippen LogP contribution in [0.5, 0.6) is 5.75 Å². The van der Waals surface area contributed by atoms with Crippen molar-refractivity contribution < 1.29 is 9.53 Å². The van der Waals surface area contributed by atoms with Crippen LogP contribution in [0.1, 0.15) is 44.7 Å². The van der Waals surface area contributed by atoms with Crippen molar-refractivity contribution in [3.8, 4) is 5.75 Å². The Balaban J connectivity index is 2.72. The van der Waals surface area contributed by atoms with Crippen LogP contribution in [0.2, 0.25) is 0 Å². The number of ether oxygens (including phenoxy) is 1. The molecular weight excluding hydrogens is 252 g/mol. The molecule has 0 aliphatic rings. The number of amides is 1. The Morgan fingerprint density at radius 3 is 2.50 bits per heavy atom. The van der Waals surface area contributed by atoms with Crippen LogP contribution in [-0.2, 0) is 4.79 Å². The summed E-state index contributed by atoms with van der Waals surface area (Å²) in [4.78, 5) is 11.7. The zero-order valence-corrected chi connectivity index (χ0v) is 13.1. The van der Waals surface area contributed by atoms with E-state index in [4.69, 9.17) is 10.5 Å². The van der Waals surface area contributed by atoms with Gasteiger partial charge in [-0.05, 0) is 42.0 Å². The summed E-state index contributed by atoms with van der Waals surface area (Å²) in [7, 11) is 0. The van der Waals surface area contributed by atoms with Gasteiger partial charge < -0.3 is 15.8 Å². The van der Waals surface area contributed by atoms with Crippen molar-refractivity contribution >= 4 is 11.6 Å². The highest BCUT2D eigenvalue weighted by atomic mass is 16.5. The fraction of sp³-hybridized carbons (Fsp3) is 0.562. The average molecular weight is 278 g/mol. The predicted molar refractivity (Wildman–Crippen MR) is 83.0 cm³/mol. The molecule has 0 heterocycles. The normalized spacial score (nSPS) is 10.9. The third-order valence-electron chi connectivity index (χ3n) is 3.09. The second-order valence-electron chi connectivity index (χ2n) is 5.89. The molecule has 0 aliphatic carbocycles. The fourth-order valence-corrected chi connectivity index (χ4v) is 1.80. The summed E-state index contributed by atoms with van der Waals surface area (Å²) in [6.07, 6.45) is 0. The van der Waals surface area contributed by atoms with E-state index in [2.05, 4.69) is 33.0 Å². The molecule has 0 bridgehead atoms. The lowest BCUT2D eigenvalue weighted by atomic mass is 9.99. The molecule has 0 atom stereocenters. The Morgan fingerprint density at radius 2 is 1.95 bits per heavy atom. The van der Waals surface area contributed by atoms with E-state index < -0.39 is 0 Å². The van der Waals surface area contributed by atoms with E-state index in [1.54, 1.807) is 0 Å². The van der Waals surface area contributed by atoms with Crippen LogP contribution < -0.4 is 15.8 Å². The van der Waals surface area contributed by atoms with Gasteiger partial charge in [0.2, 0.25) is 0 Å². The van der Waals surface area contributed by atoms with Crippen LogP contribution in [0.15, 0.2) is 12.1 Å². The lowest BCUT2D eigenvalue weighted by Crippen LogP contribution is -2.31. The van der Waals surface area contributed by atoms with Gasteiger partial charge in [-0.3, -0.25) is 4.79 Å². The van der Waals surface area contributed by atoms with Gasteiger partial charge in [-0.2, -0.15) is 0 Å². The number of hydrogen-bond acceptors (Lipinski definition) is 3. The minimum atomic E-state index is -0.0946. The number of rotatable bonds is 6. The highest BCUT2D eigenvalue weighted by Crippen LogP contribution is 2.30. The van der Waals surface area contributed by atoms with Crippen molar-refractivity contribution in [3.05, 3.63) is 23.3 Å². The van der Waals surface area contributed by atoms with E-state index in [0.717, 1.165) is 22.6 Å². The molecule has 20 heavy (non-hydrogen) atoms. The molecular formula is C16H26N2O2. The number of carbonyl (C=O) groups excluding carboxylic acids is 1. The Morgan fingerprint density at radius 1 is 1.30 bits per heavy atom. The first-order valence-electron chi connectivity index (χ1n) is 7.10. The number of aryl methyl sites for hydroxylation is 1. The third kappa shape index (κ3) is 4.76. The molecule has 0 radical (unpaired) electrons. The van der Waals surface area contributed by atoms with Gasteiger partial charge in [-0.1, -0.05) is 27.7 Å². The molecule has 1 rings (SSSR count). The number of nitrogen functional groups attached to an aromatic ring is 1. The summed E-state index contributed by atoms with van der Waals surface area (Å²) in [5, 5.41) is 2.84. The zero-order valence-electron chi connectivity index (χ0n) is 13.1. The second-order valence-corrected chi connectivity index (χ2v) is 5.89. The maximum Gasteiger partial charge on any atom is 0.257 e. The topological polar surface area (TPSA) is 64.3 Å². The summed E-state index contributed by atoms with van der Waals surface area (Å²) in [6, 6.07) is 3.84. The molecule has 0 saturated carbocycles. The largest absolute Gasteiger partial charge is 0.483 e. The van der Waals surface area contributed by atoms with Gasteiger partial charge in [0.1, 0.15) is 5.75 Å². The van der Waals surface area contributed by atoms with Crippen molar-refractivity contribution in [2.24, 2.45) is 5.92 Å². The summed E-state index contributed by atoms with van der Waals surface area (Å²) in [5.74, 6) is 1.38. The molecule has 1 aromatic carbocycles. The summed E-state index contributed by atoms with van der Waals surface area (Å²) >= 11 is 0. The summed E-state index contributed by atoms with van der Waals surface area (Å²) < 4.78 is 5.66. The average Bonchev–Trinajstić information content (AvgIpc) is 2.36. The first-order chi connectivity index (χ1) is 9.31. The maximum absolute atomic E-state index is 11.7. The van der Waals surface area contributed by atoms with E-state index in [1.165, 1.54) is 0 Å². The molecule has 3 N–H and O–H groups in total. The van der Waals surface area contributed by atoms with Gasteiger partial charge in [0, 0.05) is 12.2 Å². The molecule has 1 amide bonds. The van der Waals surface area contributed by atoms with Gasteiger partial charge in [0.15, 0.2) is 6.61 Å². The zero-order chi connectivity index (χ0) is 15.3. The van der Waals surface area contributed by atoms with Gasteiger partial charge in [0.05, 0.1) is 0 Å². The summed E-state index contributed by atoms with van der Waals surface area (Å²) in [5.41, 5.74) is 8.68.